The number of nitrogens with one attached hydrogen (secondary N) is 1. The van der Waals surface area contributed by atoms with Gasteiger partial charge in [-0.1, -0.05) is 6.07 Å². The van der Waals surface area contributed by atoms with Gasteiger partial charge in [-0.05, 0) is 30.7 Å². The minimum absolute atomic E-state index is 0. The zero-order valence-corrected chi connectivity index (χ0v) is 15.7. The van der Waals surface area contributed by atoms with Crippen molar-refractivity contribution in [3.05, 3.63) is 22.4 Å². The number of thiophene rings is 1. The number of ether oxygens (including phenoxy) is 1. The summed E-state index contributed by atoms with van der Waals surface area (Å²) >= 11 is 1.82. The van der Waals surface area contributed by atoms with Crippen LogP contribution in [-0.4, -0.2) is 50.8 Å². The van der Waals surface area contributed by atoms with Crippen molar-refractivity contribution in [1.82, 2.24) is 10.2 Å². The van der Waals surface area contributed by atoms with Crippen molar-refractivity contribution in [2.45, 2.75) is 19.3 Å². The molecule has 1 aromatic heterocycles. The van der Waals surface area contributed by atoms with Crippen molar-refractivity contribution < 1.29 is 4.74 Å². The molecule has 1 atom stereocenters. The predicted octanol–water partition coefficient (Wildman–Crippen LogP) is 2.60. The standard InChI is InChI=1S/C15H23N3OS.HI/c1-16-14(17-7-4-13-3-2-10-20-13)18-8-5-15(11-18)6-9-19-12-15;/h2-3,10H,4-9,11-12H2,1H3,(H,16,17);1H. The Bertz CT molecular complexity index is 457. The van der Waals surface area contributed by atoms with Crippen LogP contribution in [-0.2, 0) is 11.2 Å². The lowest BCUT2D eigenvalue weighted by Gasteiger charge is -2.24. The summed E-state index contributed by atoms with van der Waals surface area (Å²) in [6.07, 6.45) is 3.51. The van der Waals surface area contributed by atoms with Crippen molar-refractivity contribution >= 4 is 41.3 Å². The fourth-order valence-electron chi connectivity index (χ4n) is 3.17. The quantitative estimate of drug-likeness (QED) is 0.463. The average Bonchev–Trinajstić information content (AvgIpc) is 3.19. The van der Waals surface area contributed by atoms with Gasteiger partial charge in [-0.2, -0.15) is 0 Å². The Morgan fingerprint density at radius 3 is 3.10 bits per heavy atom. The van der Waals surface area contributed by atoms with Crippen LogP contribution in [0.3, 0.4) is 0 Å². The first-order valence-electron chi connectivity index (χ1n) is 7.37. The van der Waals surface area contributed by atoms with E-state index >= 15 is 0 Å². The van der Waals surface area contributed by atoms with Gasteiger partial charge in [0.1, 0.15) is 0 Å². The van der Waals surface area contributed by atoms with E-state index in [4.69, 9.17) is 4.74 Å². The lowest BCUT2D eigenvalue weighted by atomic mass is 9.87. The molecule has 118 valence electrons. The smallest absolute Gasteiger partial charge is 0.193 e. The first-order valence-corrected chi connectivity index (χ1v) is 8.25. The van der Waals surface area contributed by atoms with Crippen LogP contribution in [0.4, 0.5) is 0 Å². The minimum atomic E-state index is 0. The van der Waals surface area contributed by atoms with Crippen molar-refractivity contribution in [3.63, 3.8) is 0 Å². The Balaban J connectivity index is 0.00000161. The highest BCUT2D eigenvalue weighted by Crippen LogP contribution is 2.38. The molecule has 1 unspecified atom stereocenters. The molecule has 0 saturated carbocycles. The maximum atomic E-state index is 5.59. The van der Waals surface area contributed by atoms with Crippen LogP contribution in [0.2, 0.25) is 0 Å². The molecular formula is C15H24IN3OS. The molecule has 0 radical (unpaired) electrons. The number of guanidine groups is 1. The lowest BCUT2D eigenvalue weighted by Crippen LogP contribution is -2.42. The molecule has 0 aromatic carbocycles. The van der Waals surface area contributed by atoms with Crippen molar-refractivity contribution in [2.75, 3.05) is 39.9 Å². The van der Waals surface area contributed by atoms with E-state index in [-0.39, 0.29) is 24.0 Å². The van der Waals surface area contributed by atoms with E-state index in [0.29, 0.717) is 5.41 Å². The van der Waals surface area contributed by atoms with Crippen LogP contribution in [0.25, 0.3) is 0 Å². The summed E-state index contributed by atoms with van der Waals surface area (Å²) in [4.78, 5) is 8.26. The van der Waals surface area contributed by atoms with Gasteiger partial charge in [0.2, 0.25) is 0 Å². The summed E-state index contributed by atoms with van der Waals surface area (Å²) in [5.74, 6) is 1.05. The molecule has 4 nitrogen and oxygen atoms in total. The van der Waals surface area contributed by atoms with Crippen molar-refractivity contribution in [1.29, 1.82) is 0 Å². The molecule has 0 bridgehead atoms. The number of likely N-dealkylation sites (tertiary alicyclic amines) is 1. The van der Waals surface area contributed by atoms with Gasteiger partial charge < -0.3 is 15.0 Å². The zero-order chi connectivity index (χ0) is 13.8. The van der Waals surface area contributed by atoms with E-state index < -0.39 is 0 Å². The van der Waals surface area contributed by atoms with Crippen LogP contribution in [0.1, 0.15) is 17.7 Å². The van der Waals surface area contributed by atoms with E-state index in [0.717, 1.165) is 45.2 Å². The third-order valence-electron chi connectivity index (χ3n) is 4.37. The second kappa shape index (κ2) is 7.78. The number of nitrogens with zero attached hydrogens (tertiary/aromatic N) is 2. The fourth-order valence-corrected chi connectivity index (χ4v) is 3.88. The highest BCUT2D eigenvalue weighted by atomic mass is 127. The second-order valence-corrected chi connectivity index (χ2v) is 6.81. The first kappa shape index (κ1) is 17.0. The Labute approximate surface area is 148 Å². The molecule has 2 aliphatic rings. The van der Waals surface area contributed by atoms with E-state index in [9.17, 15) is 0 Å². The van der Waals surface area contributed by atoms with Gasteiger partial charge in [0.05, 0.1) is 6.61 Å². The summed E-state index contributed by atoms with van der Waals surface area (Å²) in [5, 5.41) is 5.63. The number of halogens is 1. The van der Waals surface area contributed by atoms with E-state index in [1.807, 2.05) is 18.4 Å². The molecule has 0 aliphatic carbocycles. The Hall–Kier alpha value is -0.340. The van der Waals surface area contributed by atoms with E-state index in [1.165, 1.54) is 17.7 Å². The third kappa shape index (κ3) is 4.10. The SMILES string of the molecule is CN=C(NCCc1cccs1)N1CCC2(CCOC2)C1.I. The first-order chi connectivity index (χ1) is 9.81. The molecule has 0 amide bonds. The number of rotatable bonds is 3. The Morgan fingerprint density at radius 2 is 2.43 bits per heavy atom. The molecule has 1 aromatic rings. The van der Waals surface area contributed by atoms with Crippen LogP contribution in [0.5, 0.6) is 0 Å². The predicted molar refractivity (Wildman–Crippen MR) is 98.9 cm³/mol. The fraction of sp³-hybridized carbons (Fsp3) is 0.667. The summed E-state index contributed by atoms with van der Waals surface area (Å²) < 4.78 is 5.59. The maximum absolute atomic E-state index is 5.59. The number of hydrogen-bond donors (Lipinski definition) is 1. The van der Waals surface area contributed by atoms with E-state index in [1.54, 1.807) is 0 Å². The van der Waals surface area contributed by atoms with Crippen LogP contribution < -0.4 is 5.32 Å². The molecule has 1 N–H and O–H groups in total. The minimum Gasteiger partial charge on any atom is -0.381 e. The molecule has 2 aliphatic heterocycles. The number of aliphatic imine (C=N–C) groups is 1. The Morgan fingerprint density at radius 1 is 1.52 bits per heavy atom. The molecule has 2 fully saturated rings. The van der Waals surface area contributed by atoms with Gasteiger partial charge in [-0.3, -0.25) is 4.99 Å². The highest BCUT2D eigenvalue weighted by Gasteiger charge is 2.42. The molecule has 3 heterocycles. The number of hydrogen-bond acceptors (Lipinski definition) is 3. The average molecular weight is 421 g/mol. The van der Waals surface area contributed by atoms with Crippen molar-refractivity contribution in [2.24, 2.45) is 10.4 Å². The zero-order valence-electron chi connectivity index (χ0n) is 12.5. The van der Waals surface area contributed by atoms with Gasteiger partial charge in [-0.15, -0.1) is 35.3 Å². The second-order valence-electron chi connectivity index (χ2n) is 5.78. The largest absolute Gasteiger partial charge is 0.381 e. The topological polar surface area (TPSA) is 36.9 Å². The van der Waals surface area contributed by atoms with Gasteiger partial charge in [0, 0.05) is 43.6 Å². The van der Waals surface area contributed by atoms with Crippen LogP contribution >= 0.6 is 35.3 Å². The third-order valence-corrected chi connectivity index (χ3v) is 5.31. The molecule has 3 rings (SSSR count). The normalized spacial score (nSPS) is 25.4. The lowest BCUT2D eigenvalue weighted by molar-refractivity contribution is 0.156. The van der Waals surface area contributed by atoms with Gasteiger partial charge in [-0.25, -0.2) is 0 Å². The van der Waals surface area contributed by atoms with E-state index in [2.05, 4.69) is 32.7 Å². The molecule has 1 spiro atoms. The molecule has 6 heteroatoms. The van der Waals surface area contributed by atoms with Crippen LogP contribution in [0.15, 0.2) is 22.5 Å². The van der Waals surface area contributed by atoms with Crippen molar-refractivity contribution in [3.8, 4) is 0 Å². The molecule has 21 heavy (non-hydrogen) atoms. The van der Waals surface area contributed by atoms with Gasteiger partial charge in [0.15, 0.2) is 5.96 Å². The van der Waals surface area contributed by atoms with Gasteiger partial charge >= 0.3 is 0 Å². The maximum Gasteiger partial charge on any atom is 0.193 e. The highest BCUT2D eigenvalue weighted by molar-refractivity contribution is 14.0. The summed E-state index contributed by atoms with van der Waals surface area (Å²) in [5.41, 5.74) is 0.394. The van der Waals surface area contributed by atoms with Gasteiger partial charge in [0.25, 0.3) is 0 Å². The van der Waals surface area contributed by atoms with Crippen LogP contribution in [0, 0.1) is 5.41 Å². The Kier molecular flexibility index (Phi) is 6.31. The summed E-state index contributed by atoms with van der Waals surface area (Å²) in [6, 6.07) is 4.30. The summed E-state index contributed by atoms with van der Waals surface area (Å²) in [7, 11) is 1.88. The monoisotopic (exact) mass is 421 g/mol. The molecular weight excluding hydrogens is 397 g/mol. The summed E-state index contributed by atoms with van der Waals surface area (Å²) in [6.45, 7) is 4.99. The molecule has 2 saturated heterocycles.